The number of benzene rings is 1. The molecule has 1 aliphatic carbocycles. The van der Waals surface area contributed by atoms with Gasteiger partial charge >= 0.3 is 0 Å². The molecule has 19 heavy (non-hydrogen) atoms. The zero-order valence-corrected chi connectivity index (χ0v) is 10.8. The fourth-order valence-electron chi connectivity index (χ4n) is 3.22. The van der Waals surface area contributed by atoms with Crippen molar-refractivity contribution in [2.75, 3.05) is 0 Å². The third-order valence-electron chi connectivity index (χ3n) is 4.53. The quantitative estimate of drug-likeness (QED) is 0.804. The monoisotopic (exact) mass is 258 g/mol. The van der Waals surface area contributed by atoms with E-state index in [4.69, 9.17) is 5.73 Å². The SMILES string of the molecule is NC(CCC12CC(C1)C(=O)NC2=O)c1ccccc1. The van der Waals surface area contributed by atoms with E-state index in [0.29, 0.717) is 12.8 Å². The van der Waals surface area contributed by atoms with Gasteiger partial charge in [0.2, 0.25) is 11.8 Å². The summed E-state index contributed by atoms with van der Waals surface area (Å²) in [6, 6.07) is 9.89. The number of nitrogens with one attached hydrogen (secondary N) is 1. The number of imide groups is 1. The van der Waals surface area contributed by atoms with Crippen LogP contribution >= 0.6 is 0 Å². The first-order valence-electron chi connectivity index (χ1n) is 6.77. The third kappa shape index (κ3) is 2.06. The van der Waals surface area contributed by atoms with Gasteiger partial charge < -0.3 is 5.73 Å². The van der Waals surface area contributed by atoms with E-state index in [9.17, 15) is 9.59 Å². The predicted octanol–water partition coefficient (Wildman–Crippen LogP) is 1.52. The van der Waals surface area contributed by atoms with E-state index in [0.717, 1.165) is 18.4 Å². The van der Waals surface area contributed by atoms with Crippen LogP contribution in [0.25, 0.3) is 0 Å². The molecule has 1 saturated carbocycles. The van der Waals surface area contributed by atoms with Crippen molar-refractivity contribution in [3.05, 3.63) is 35.9 Å². The zero-order valence-electron chi connectivity index (χ0n) is 10.8. The minimum Gasteiger partial charge on any atom is -0.324 e. The lowest BCUT2D eigenvalue weighted by Crippen LogP contribution is -2.61. The van der Waals surface area contributed by atoms with E-state index in [1.165, 1.54) is 0 Å². The van der Waals surface area contributed by atoms with Gasteiger partial charge in [-0.05, 0) is 31.2 Å². The van der Waals surface area contributed by atoms with E-state index in [1.807, 2.05) is 30.3 Å². The van der Waals surface area contributed by atoms with Crippen LogP contribution in [0.3, 0.4) is 0 Å². The highest BCUT2D eigenvalue weighted by Crippen LogP contribution is 2.52. The van der Waals surface area contributed by atoms with E-state index in [1.54, 1.807) is 0 Å². The standard InChI is InChI=1S/C15H18N2O2/c16-12(10-4-2-1-3-5-10)6-7-15-8-11(9-15)13(18)17-14(15)19/h1-5,11-12H,6-9,16H2,(H,17,18,19). The van der Waals surface area contributed by atoms with Gasteiger partial charge in [-0.15, -0.1) is 0 Å². The third-order valence-corrected chi connectivity index (χ3v) is 4.53. The van der Waals surface area contributed by atoms with E-state index < -0.39 is 0 Å². The molecule has 4 heteroatoms. The highest BCUT2D eigenvalue weighted by Gasteiger charge is 2.56. The Hall–Kier alpha value is -1.68. The van der Waals surface area contributed by atoms with Crippen LogP contribution in [0.15, 0.2) is 30.3 Å². The Morgan fingerprint density at radius 1 is 1.26 bits per heavy atom. The summed E-state index contributed by atoms with van der Waals surface area (Å²) in [5.74, 6) is -0.148. The predicted molar refractivity (Wildman–Crippen MR) is 70.9 cm³/mol. The topological polar surface area (TPSA) is 72.2 Å². The second-order valence-electron chi connectivity index (χ2n) is 5.76. The second kappa shape index (κ2) is 4.46. The first-order valence-corrected chi connectivity index (χ1v) is 6.77. The molecule has 1 atom stereocenters. The Morgan fingerprint density at radius 3 is 2.58 bits per heavy atom. The van der Waals surface area contributed by atoms with Crippen molar-refractivity contribution >= 4 is 11.8 Å². The summed E-state index contributed by atoms with van der Waals surface area (Å²) in [5, 5.41) is 2.46. The first-order chi connectivity index (χ1) is 9.11. The Balaban J connectivity index is 1.62. The molecule has 2 saturated heterocycles. The van der Waals surface area contributed by atoms with Crippen molar-refractivity contribution in [3.63, 3.8) is 0 Å². The van der Waals surface area contributed by atoms with Gasteiger partial charge in [-0.25, -0.2) is 0 Å². The molecular weight excluding hydrogens is 240 g/mol. The van der Waals surface area contributed by atoms with Crippen LogP contribution < -0.4 is 11.1 Å². The maximum absolute atomic E-state index is 11.9. The molecule has 2 bridgehead atoms. The van der Waals surface area contributed by atoms with Crippen LogP contribution in [0.5, 0.6) is 0 Å². The van der Waals surface area contributed by atoms with Crippen molar-refractivity contribution in [3.8, 4) is 0 Å². The fourth-order valence-corrected chi connectivity index (χ4v) is 3.22. The average molecular weight is 258 g/mol. The molecule has 2 heterocycles. The summed E-state index contributed by atoms with van der Waals surface area (Å²) in [4.78, 5) is 23.3. The number of fused-ring (bicyclic) bond motifs is 2. The van der Waals surface area contributed by atoms with Gasteiger partial charge in [-0.2, -0.15) is 0 Å². The number of carbonyl (C=O) groups excluding carboxylic acids is 2. The van der Waals surface area contributed by atoms with E-state index >= 15 is 0 Å². The summed E-state index contributed by atoms with van der Waals surface area (Å²) < 4.78 is 0. The number of nitrogens with two attached hydrogens (primary N) is 1. The largest absolute Gasteiger partial charge is 0.324 e. The maximum atomic E-state index is 11.9. The van der Waals surface area contributed by atoms with Crippen molar-refractivity contribution in [2.24, 2.45) is 17.1 Å². The lowest BCUT2D eigenvalue weighted by molar-refractivity contribution is -0.159. The summed E-state index contributed by atoms with van der Waals surface area (Å²) in [6.45, 7) is 0. The van der Waals surface area contributed by atoms with E-state index in [2.05, 4.69) is 5.32 Å². The van der Waals surface area contributed by atoms with Crippen LogP contribution in [0.4, 0.5) is 0 Å². The number of rotatable bonds is 4. The molecule has 2 aliphatic heterocycles. The molecule has 2 amide bonds. The Bertz CT molecular complexity index is 506. The normalized spacial score (nSPS) is 30.5. The van der Waals surface area contributed by atoms with Gasteiger partial charge in [0, 0.05) is 12.0 Å². The number of hydrogen-bond acceptors (Lipinski definition) is 3. The fraction of sp³-hybridized carbons (Fsp3) is 0.467. The molecule has 4 nitrogen and oxygen atoms in total. The van der Waals surface area contributed by atoms with Crippen LogP contribution in [0.2, 0.25) is 0 Å². The van der Waals surface area contributed by atoms with Gasteiger partial charge in [0.05, 0.1) is 5.41 Å². The number of carbonyl (C=O) groups is 2. The van der Waals surface area contributed by atoms with Gasteiger partial charge in [-0.1, -0.05) is 30.3 Å². The molecule has 100 valence electrons. The van der Waals surface area contributed by atoms with Crippen LogP contribution in [-0.4, -0.2) is 11.8 Å². The lowest BCUT2D eigenvalue weighted by Gasteiger charge is -2.50. The molecule has 0 radical (unpaired) electrons. The number of amides is 2. The van der Waals surface area contributed by atoms with Gasteiger partial charge in [-0.3, -0.25) is 14.9 Å². The van der Waals surface area contributed by atoms with Gasteiger partial charge in [0.25, 0.3) is 0 Å². The Labute approximate surface area is 112 Å². The van der Waals surface area contributed by atoms with Crippen molar-refractivity contribution in [1.82, 2.24) is 5.32 Å². The molecule has 4 rings (SSSR count). The van der Waals surface area contributed by atoms with Crippen LogP contribution in [0.1, 0.15) is 37.3 Å². The van der Waals surface area contributed by atoms with Crippen LogP contribution in [0, 0.1) is 11.3 Å². The van der Waals surface area contributed by atoms with Gasteiger partial charge in [0.1, 0.15) is 0 Å². The molecule has 3 N–H and O–H groups in total. The van der Waals surface area contributed by atoms with Gasteiger partial charge in [0.15, 0.2) is 0 Å². The average Bonchev–Trinajstić information content (AvgIpc) is 2.37. The van der Waals surface area contributed by atoms with Crippen molar-refractivity contribution in [2.45, 2.75) is 31.7 Å². The highest BCUT2D eigenvalue weighted by atomic mass is 16.2. The molecule has 1 aromatic carbocycles. The summed E-state index contributed by atoms with van der Waals surface area (Å²) in [7, 11) is 0. The van der Waals surface area contributed by atoms with Crippen molar-refractivity contribution in [1.29, 1.82) is 0 Å². The Kier molecular flexibility index (Phi) is 2.90. The molecule has 3 aliphatic rings. The smallest absolute Gasteiger partial charge is 0.232 e. The molecular formula is C15H18N2O2. The molecule has 1 unspecified atom stereocenters. The Morgan fingerprint density at radius 2 is 1.95 bits per heavy atom. The molecule has 0 spiro atoms. The summed E-state index contributed by atoms with van der Waals surface area (Å²) >= 11 is 0. The lowest BCUT2D eigenvalue weighted by atomic mass is 9.56. The number of piperidine rings is 2. The van der Waals surface area contributed by atoms with E-state index in [-0.39, 0.29) is 29.2 Å². The summed E-state index contributed by atoms with van der Waals surface area (Å²) in [5.41, 5.74) is 6.93. The molecule has 1 aromatic rings. The number of hydrogen-bond donors (Lipinski definition) is 2. The minimum atomic E-state index is -0.328. The minimum absolute atomic E-state index is 0.0416. The first kappa shape index (κ1) is 12.4. The molecule has 3 fully saturated rings. The van der Waals surface area contributed by atoms with Crippen molar-refractivity contribution < 1.29 is 9.59 Å². The molecule has 0 aromatic heterocycles. The summed E-state index contributed by atoms with van der Waals surface area (Å²) in [6.07, 6.45) is 2.95. The maximum Gasteiger partial charge on any atom is 0.232 e. The second-order valence-corrected chi connectivity index (χ2v) is 5.76. The zero-order chi connectivity index (χ0) is 13.5. The highest BCUT2D eigenvalue weighted by molar-refractivity contribution is 6.04. The van der Waals surface area contributed by atoms with Crippen LogP contribution in [-0.2, 0) is 9.59 Å².